The Labute approximate surface area is 89.1 Å². The third kappa shape index (κ3) is 1.11. The normalized spacial score (nSPS) is 29.0. The molecule has 0 fully saturated rings. The zero-order chi connectivity index (χ0) is 9.71. The molecule has 2 aliphatic rings. The molecule has 2 atom stereocenters. The molecule has 0 aliphatic heterocycles. The molecule has 1 heteroatoms. The van der Waals surface area contributed by atoms with Crippen molar-refractivity contribution in [3.63, 3.8) is 0 Å². The van der Waals surface area contributed by atoms with Gasteiger partial charge in [0.2, 0.25) is 0 Å². The number of hydrogen-bond donors (Lipinski definition) is 0. The summed E-state index contributed by atoms with van der Waals surface area (Å²) >= 11 is 0. The highest BCUT2D eigenvalue weighted by Crippen LogP contribution is 2.38. The molecule has 0 nitrogen and oxygen atoms in total. The first-order valence-electron chi connectivity index (χ1n) is 5.61. The van der Waals surface area contributed by atoms with E-state index in [1.165, 1.54) is 25.7 Å². The van der Waals surface area contributed by atoms with Gasteiger partial charge in [-0.1, -0.05) is 19.1 Å². The molecule has 0 heterocycles. The highest BCUT2D eigenvalue weighted by Gasteiger charge is 2.27. The van der Waals surface area contributed by atoms with Gasteiger partial charge in [0, 0.05) is 10.2 Å². The van der Waals surface area contributed by atoms with Crippen LogP contribution in [0.2, 0.25) is 0 Å². The molecule has 0 spiro atoms. The maximum atomic E-state index is 3.86. The predicted molar refractivity (Wildman–Crippen MR) is 59.8 cm³/mol. The van der Waals surface area contributed by atoms with Crippen LogP contribution in [0.4, 0.5) is 0 Å². The summed E-state index contributed by atoms with van der Waals surface area (Å²) in [6, 6.07) is 4.92. The average molecular weight is 199 g/mol. The topological polar surface area (TPSA) is 0 Å². The first kappa shape index (κ1) is 8.72. The highest BCUT2D eigenvalue weighted by molar-refractivity contribution is 6.13. The standard InChI is InChI=1S/C13H15Si/c1-8-5-11-6-9-3-2-4-10(9)7-12(11)13(8)14/h6-8,13H,2-5H2,1H3. The third-order valence-corrected chi connectivity index (χ3v) is 4.68. The van der Waals surface area contributed by atoms with Crippen LogP contribution in [0.5, 0.6) is 0 Å². The van der Waals surface area contributed by atoms with Crippen molar-refractivity contribution in [3.05, 3.63) is 34.4 Å². The van der Waals surface area contributed by atoms with Crippen LogP contribution in [0.3, 0.4) is 0 Å². The van der Waals surface area contributed by atoms with Crippen molar-refractivity contribution >= 4 is 10.2 Å². The minimum Gasteiger partial charge on any atom is -0.0619 e. The lowest BCUT2D eigenvalue weighted by molar-refractivity contribution is 0.608. The van der Waals surface area contributed by atoms with Gasteiger partial charge >= 0.3 is 0 Å². The van der Waals surface area contributed by atoms with Gasteiger partial charge in [0.1, 0.15) is 0 Å². The molecule has 2 unspecified atom stereocenters. The van der Waals surface area contributed by atoms with Crippen LogP contribution in [-0.4, -0.2) is 10.2 Å². The van der Waals surface area contributed by atoms with Crippen molar-refractivity contribution in [2.45, 2.75) is 38.1 Å². The summed E-state index contributed by atoms with van der Waals surface area (Å²) in [5.74, 6) is 0.768. The summed E-state index contributed by atoms with van der Waals surface area (Å²) in [6.45, 7) is 2.34. The largest absolute Gasteiger partial charge is 0.0619 e. The molecular formula is C13H15Si. The molecule has 14 heavy (non-hydrogen) atoms. The fourth-order valence-electron chi connectivity index (χ4n) is 2.93. The van der Waals surface area contributed by atoms with Gasteiger partial charge in [0.25, 0.3) is 0 Å². The Kier molecular flexibility index (Phi) is 1.85. The molecule has 71 valence electrons. The predicted octanol–water partition coefficient (Wildman–Crippen LogP) is 2.58. The molecule has 0 saturated carbocycles. The molecule has 0 saturated heterocycles. The van der Waals surface area contributed by atoms with E-state index in [0.717, 1.165) is 5.92 Å². The third-order valence-electron chi connectivity index (χ3n) is 3.80. The van der Waals surface area contributed by atoms with Crippen molar-refractivity contribution in [2.24, 2.45) is 5.92 Å². The van der Waals surface area contributed by atoms with Gasteiger partial charge in [-0.2, -0.15) is 0 Å². The van der Waals surface area contributed by atoms with E-state index in [2.05, 4.69) is 29.3 Å². The van der Waals surface area contributed by atoms with Gasteiger partial charge in [-0.15, -0.1) is 0 Å². The van der Waals surface area contributed by atoms with Crippen LogP contribution < -0.4 is 0 Å². The van der Waals surface area contributed by atoms with Gasteiger partial charge in [-0.25, -0.2) is 0 Å². The molecule has 1 aromatic rings. The Morgan fingerprint density at radius 3 is 2.64 bits per heavy atom. The summed E-state index contributed by atoms with van der Waals surface area (Å²) in [7, 11) is 3.86. The Hall–Kier alpha value is -0.563. The Morgan fingerprint density at radius 1 is 1.14 bits per heavy atom. The van der Waals surface area contributed by atoms with E-state index in [0.29, 0.717) is 5.54 Å². The summed E-state index contributed by atoms with van der Waals surface area (Å²) < 4.78 is 0. The summed E-state index contributed by atoms with van der Waals surface area (Å²) in [6.07, 6.45) is 5.23. The number of fused-ring (bicyclic) bond motifs is 2. The Morgan fingerprint density at radius 2 is 1.86 bits per heavy atom. The van der Waals surface area contributed by atoms with Crippen molar-refractivity contribution in [1.29, 1.82) is 0 Å². The van der Waals surface area contributed by atoms with Crippen molar-refractivity contribution in [3.8, 4) is 0 Å². The van der Waals surface area contributed by atoms with Crippen LogP contribution in [0.1, 0.15) is 41.1 Å². The maximum Gasteiger partial charge on any atom is 0.0335 e. The lowest BCUT2D eigenvalue weighted by atomic mass is 10.0. The maximum absolute atomic E-state index is 3.86. The molecule has 0 amide bonds. The van der Waals surface area contributed by atoms with E-state index in [9.17, 15) is 0 Å². The fraction of sp³-hybridized carbons (Fsp3) is 0.538. The van der Waals surface area contributed by atoms with Crippen molar-refractivity contribution in [2.75, 3.05) is 0 Å². The average Bonchev–Trinajstić information content (AvgIpc) is 2.70. The molecule has 1 aromatic carbocycles. The molecule has 0 aromatic heterocycles. The van der Waals surface area contributed by atoms with E-state index in [1.807, 2.05) is 0 Å². The van der Waals surface area contributed by atoms with Gasteiger partial charge in [0.05, 0.1) is 0 Å². The van der Waals surface area contributed by atoms with Crippen LogP contribution in [0.25, 0.3) is 0 Å². The Bertz CT molecular complexity index is 381. The van der Waals surface area contributed by atoms with Crippen LogP contribution in [0, 0.1) is 5.92 Å². The van der Waals surface area contributed by atoms with Crippen molar-refractivity contribution in [1.82, 2.24) is 0 Å². The number of rotatable bonds is 0. The summed E-state index contributed by atoms with van der Waals surface area (Å²) in [5, 5.41) is 0. The zero-order valence-electron chi connectivity index (χ0n) is 8.64. The van der Waals surface area contributed by atoms with E-state index < -0.39 is 0 Å². The first-order chi connectivity index (χ1) is 6.75. The molecule has 0 bridgehead atoms. The van der Waals surface area contributed by atoms with Gasteiger partial charge in [0.15, 0.2) is 0 Å². The molecule has 0 N–H and O–H groups in total. The lowest BCUT2D eigenvalue weighted by Crippen LogP contribution is -2.02. The van der Waals surface area contributed by atoms with Gasteiger partial charge in [-0.05, 0) is 59.4 Å². The second-order valence-corrected chi connectivity index (χ2v) is 5.45. The zero-order valence-corrected chi connectivity index (χ0v) is 9.64. The number of benzene rings is 1. The van der Waals surface area contributed by atoms with E-state index in [4.69, 9.17) is 0 Å². The lowest BCUT2D eigenvalue weighted by Gasteiger charge is -2.10. The molecule has 3 radical (unpaired) electrons. The molecular weight excluding hydrogens is 184 g/mol. The summed E-state index contributed by atoms with van der Waals surface area (Å²) in [5.41, 5.74) is 6.99. The quantitative estimate of drug-likeness (QED) is 0.563. The van der Waals surface area contributed by atoms with Gasteiger partial charge < -0.3 is 0 Å². The number of hydrogen-bond acceptors (Lipinski definition) is 0. The Balaban J connectivity index is 2.13. The van der Waals surface area contributed by atoms with Crippen LogP contribution in [-0.2, 0) is 19.3 Å². The van der Waals surface area contributed by atoms with Crippen LogP contribution in [0.15, 0.2) is 12.1 Å². The highest BCUT2D eigenvalue weighted by atomic mass is 28.1. The second-order valence-electron chi connectivity index (χ2n) is 4.83. The SMILES string of the molecule is CC1Cc2cc3c(cc2C1[Si])CCC3. The van der Waals surface area contributed by atoms with E-state index in [-0.39, 0.29) is 0 Å². The van der Waals surface area contributed by atoms with E-state index >= 15 is 0 Å². The first-order valence-corrected chi connectivity index (χ1v) is 6.19. The molecule has 3 rings (SSSR count). The van der Waals surface area contributed by atoms with Crippen molar-refractivity contribution < 1.29 is 0 Å². The van der Waals surface area contributed by atoms with Crippen LogP contribution >= 0.6 is 0 Å². The second kappa shape index (κ2) is 2.96. The monoisotopic (exact) mass is 199 g/mol. The minimum absolute atomic E-state index is 0.593. The summed E-state index contributed by atoms with van der Waals surface area (Å²) in [4.78, 5) is 0. The molecule has 2 aliphatic carbocycles. The van der Waals surface area contributed by atoms with Gasteiger partial charge in [-0.3, -0.25) is 0 Å². The fourth-order valence-corrected chi connectivity index (χ4v) is 3.32. The number of aryl methyl sites for hydroxylation is 2. The van der Waals surface area contributed by atoms with E-state index in [1.54, 1.807) is 22.3 Å². The minimum atomic E-state index is 0.593. The smallest absolute Gasteiger partial charge is 0.0335 e.